The average Bonchev–Trinajstić information content (AvgIpc) is 2.79. The Morgan fingerprint density at radius 3 is 2.50 bits per heavy atom. The average molecular weight is 335 g/mol. The smallest absolute Gasteiger partial charge is 0.337 e. The molecule has 0 aliphatic carbocycles. The molecule has 3 rings (SSSR count). The van der Waals surface area contributed by atoms with Crippen LogP contribution in [-0.2, 0) is 12.7 Å². The Kier molecular flexibility index (Phi) is 4.03. The first-order valence-electron chi connectivity index (χ1n) is 7.81. The van der Waals surface area contributed by atoms with Gasteiger partial charge in [0, 0.05) is 35.1 Å². The standard InChI is InChI=1S/C18H20F3N3/c1-11-5-6-13-14-7-8-22-17(18(19,20)21)16(14)24(15(13)9-11)10-12(2)23(3)4/h5-9,12H,10H2,1-4H3. The van der Waals surface area contributed by atoms with Gasteiger partial charge < -0.3 is 9.47 Å². The lowest BCUT2D eigenvalue weighted by Crippen LogP contribution is -2.29. The first kappa shape index (κ1) is 16.8. The van der Waals surface area contributed by atoms with Gasteiger partial charge in [-0.3, -0.25) is 0 Å². The maximum Gasteiger partial charge on any atom is 0.435 e. The Balaban J connectivity index is 2.40. The summed E-state index contributed by atoms with van der Waals surface area (Å²) in [5.74, 6) is 0. The lowest BCUT2D eigenvalue weighted by atomic mass is 10.1. The summed E-state index contributed by atoms with van der Waals surface area (Å²) >= 11 is 0. The molecule has 0 N–H and O–H groups in total. The van der Waals surface area contributed by atoms with Gasteiger partial charge in [0.15, 0.2) is 5.69 Å². The van der Waals surface area contributed by atoms with Gasteiger partial charge in [-0.2, -0.15) is 13.2 Å². The number of aryl methyl sites for hydroxylation is 1. The van der Waals surface area contributed by atoms with Crippen molar-refractivity contribution in [3.63, 3.8) is 0 Å². The highest BCUT2D eigenvalue weighted by Crippen LogP contribution is 2.38. The van der Waals surface area contributed by atoms with E-state index < -0.39 is 11.9 Å². The van der Waals surface area contributed by atoms with E-state index in [0.717, 1.165) is 16.5 Å². The Morgan fingerprint density at radius 2 is 1.88 bits per heavy atom. The Hall–Kier alpha value is -2.08. The van der Waals surface area contributed by atoms with Gasteiger partial charge in [-0.15, -0.1) is 0 Å². The van der Waals surface area contributed by atoms with Crippen molar-refractivity contribution in [2.75, 3.05) is 14.1 Å². The van der Waals surface area contributed by atoms with Gasteiger partial charge in [-0.05, 0) is 45.6 Å². The van der Waals surface area contributed by atoms with Crippen molar-refractivity contribution in [1.29, 1.82) is 0 Å². The Labute approximate surface area is 138 Å². The van der Waals surface area contributed by atoms with E-state index in [2.05, 4.69) is 4.98 Å². The third-order valence-electron chi connectivity index (χ3n) is 4.53. The molecule has 1 atom stereocenters. The molecular weight excluding hydrogens is 315 g/mol. The number of alkyl halides is 3. The number of aromatic nitrogens is 2. The summed E-state index contributed by atoms with van der Waals surface area (Å²) in [6, 6.07) is 7.52. The fraction of sp³-hybridized carbons (Fsp3) is 0.389. The summed E-state index contributed by atoms with van der Waals surface area (Å²) in [5, 5.41) is 1.42. The van der Waals surface area contributed by atoms with Crippen molar-refractivity contribution in [3.8, 4) is 0 Å². The second-order valence-corrected chi connectivity index (χ2v) is 6.50. The summed E-state index contributed by atoms with van der Waals surface area (Å²) in [6.45, 7) is 4.40. The zero-order chi connectivity index (χ0) is 17.6. The van der Waals surface area contributed by atoms with Gasteiger partial charge in [-0.1, -0.05) is 12.1 Å². The van der Waals surface area contributed by atoms with Crippen LogP contribution in [0, 0.1) is 6.92 Å². The normalized spacial score (nSPS) is 14.0. The topological polar surface area (TPSA) is 21.1 Å². The van der Waals surface area contributed by atoms with E-state index in [-0.39, 0.29) is 11.6 Å². The van der Waals surface area contributed by atoms with Gasteiger partial charge in [0.25, 0.3) is 0 Å². The summed E-state index contributed by atoms with van der Waals surface area (Å²) in [4.78, 5) is 5.65. The van der Waals surface area contributed by atoms with Crippen molar-refractivity contribution < 1.29 is 13.2 Å². The number of nitrogens with zero attached hydrogens (tertiary/aromatic N) is 3. The molecule has 2 heterocycles. The minimum Gasteiger partial charge on any atom is -0.337 e. The molecule has 24 heavy (non-hydrogen) atoms. The second-order valence-electron chi connectivity index (χ2n) is 6.50. The summed E-state index contributed by atoms with van der Waals surface area (Å²) in [5.41, 5.74) is 1.18. The third-order valence-corrected chi connectivity index (χ3v) is 4.53. The van der Waals surface area contributed by atoms with Crippen LogP contribution in [0.5, 0.6) is 0 Å². The van der Waals surface area contributed by atoms with Gasteiger partial charge in [0.1, 0.15) is 0 Å². The van der Waals surface area contributed by atoms with Crippen LogP contribution in [0.15, 0.2) is 30.5 Å². The van der Waals surface area contributed by atoms with Gasteiger partial charge in [0.05, 0.1) is 5.52 Å². The highest BCUT2D eigenvalue weighted by Gasteiger charge is 2.36. The van der Waals surface area contributed by atoms with Gasteiger partial charge in [0.2, 0.25) is 0 Å². The number of fused-ring (bicyclic) bond motifs is 3. The molecule has 1 unspecified atom stereocenters. The molecule has 0 aliphatic heterocycles. The van der Waals surface area contributed by atoms with Crippen LogP contribution >= 0.6 is 0 Å². The highest BCUT2D eigenvalue weighted by atomic mass is 19.4. The van der Waals surface area contributed by atoms with E-state index in [1.165, 1.54) is 6.20 Å². The number of rotatable bonds is 3. The molecule has 6 heteroatoms. The molecular formula is C18H20F3N3. The summed E-state index contributed by atoms with van der Waals surface area (Å²) in [7, 11) is 3.85. The predicted molar refractivity (Wildman–Crippen MR) is 90.1 cm³/mol. The Bertz CT molecular complexity index is 894. The van der Waals surface area contributed by atoms with E-state index in [0.29, 0.717) is 11.9 Å². The molecule has 128 valence electrons. The fourth-order valence-corrected chi connectivity index (χ4v) is 2.98. The monoisotopic (exact) mass is 335 g/mol. The molecule has 2 aromatic heterocycles. The molecule has 1 aromatic carbocycles. The predicted octanol–water partition coefficient (Wildman–Crippen LogP) is 4.47. The molecule has 0 bridgehead atoms. The van der Waals surface area contributed by atoms with Crippen molar-refractivity contribution in [3.05, 3.63) is 41.7 Å². The van der Waals surface area contributed by atoms with Crippen LogP contribution in [0.3, 0.4) is 0 Å². The highest BCUT2D eigenvalue weighted by molar-refractivity contribution is 6.09. The van der Waals surface area contributed by atoms with Crippen LogP contribution in [0.4, 0.5) is 13.2 Å². The van der Waals surface area contributed by atoms with Crippen LogP contribution in [0.1, 0.15) is 18.2 Å². The third kappa shape index (κ3) is 2.75. The molecule has 3 nitrogen and oxygen atoms in total. The maximum absolute atomic E-state index is 13.5. The molecule has 0 fully saturated rings. The summed E-state index contributed by atoms with van der Waals surface area (Å²) < 4.78 is 42.3. The first-order valence-corrected chi connectivity index (χ1v) is 7.81. The van der Waals surface area contributed by atoms with E-state index in [1.807, 2.05) is 51.0 Å². The van der Waals surface area contributed by atoms with Crippen molar-refractivity contribution >= 4 is 21.8 Å². The van der Waals surface area contributed by atoms with Crippen LogP contribution in [0.2, 0.25) is 0 Å². The lowest BCUT2D eigenvalue weighted by Gasteiger charge is -2.22. The van der Waals surface area contributed by atoms with Crippen LogP contribution in [0.25, 0.3) is 21.8 Å². The second kappa shape index (κ2) is 5.77. The SMILES string of the molecule is Cc1ccc2c3ccnc(C(F)(F)F)c3n(CC(C)N(C)C)c2c1. The molecule has 0 spiro atoms. The zero-order valence-corrected chi connectivity index (χ0v) is 14.1. The largest absolute Gasteiger partial charge is 0.435 e. The zero-order valence-electron chi connectivity index (χ0n) is 14.1. The molecule has 0 saturated carbocycles. The molecule has 0 saturated heterocycles. The van der Waals surface area contributed by atoms with Gasteiger partial charge >= 0.3 is 6.18 Å². The van der Waals surface area contributed by atoms with Crippen molar-refractivity contribution in [1.82, 2.24) is 14.5 Å². The fourth-order valence-electron chi connectivity index (χ4n) is 2.98. The van der Waals surface area contributed by atoms with Crippen molar-refractivity contribution in [2.45, 2.75) is 32.6 Å². The number of benzene rings is 1. The minimum absolute atomic E-state index is 0.0885. The number of pyridine rings is 1. The first-order chi connectivity index (χ1) is 11.2. The van der Waals surface area contributed by atoms with Crippen molar-refractivity contribution in [2.24, 2.45) is 0 Å². The van der Waals surface area contributed by atoms with E-state index >= 15 is 0 Å². The Morgan fingerprint density at radius 1 is 1.17 bits per heavy atom. The summed E-state index contributed by atoms with van der Waals surface area (Å²) in [6.07, 6.45) is -3.24. The number of likely N-dealkylation sites (N-methyl/N-ethyl adjacent to an activating group) is 1. The minimum atomic E-state index is -4.48. The van der Waals surface area contributed by atoms with Crippen LogP contribution in [-0.4, -0.2) is 34.6 Å². The molecule has 0 amide bonds. The van der Waals surface area contributed by atoms with E-state index in [1.54, 1.807) is 10.6 Å². The van der Waals surface area contributed by atoms with Crippen LogP contribution < -0.4 is 0 Å². The van der Waals surface area contributed by atoms with E-state index in [9.17, 15) is 13.2 Å². The maximum atomic E-state index is 13.5. The van der Waals surface area contributed by atoms with E-state index in [4.69, 9.17) is 0 Å². The molecule has 0 aliphatic rings. The van der Waals surface area contributed by atoms with Gasteiger partial charge in [-0.25, -0.2) is 4.98 Å². The molecule has 3 aromatic rings. The number of halogens is 3. The number of hydrogen-bond donors (Lipinski definition) is 0. The quantitative estimate of drug-likeness (QED) is 0.704. The lowest BCUT2D eigenvalue weighted by molar-refractivity contribution is -0.140. The number of hydrogen-bond acceptors (Lipinski definition) is 2. The molecule has 0 radical (unpaired) electrons.